The van der Waals surface area contributed by atoms with Gasteiger partial charge in [-0.1, -0.05) is 19.3 Å². The van der Waals surface area contributed by atoms with Gasteiger partial charge in [0.2, 0.25) is 0 Å². The minimum atomic E-state index is -0.0879. The van der Waals surface area contributed by atoms with Crippen LogP contribution in [-0.2, 0) is 0 Å². The molecule has 1 heterocycles. The number of piperidine rings is 1. The van der Waals surface area contributed by atoms with Crippen LogP contribution < -0.4 is 0 Å². The molecule has 0 aromatic heterocycles. The summed E-state index contributed by atoms with van der Waals surface area (Å²) in [5.41, 5.74) is 0. The summed E-state index contributed by atoms with van der Waals surface area (Å²) in [6.45, 7) is 4.85. The van der Waals surface area contributed by atoms with Crippen molar-refractivity contribution in [3.63, 3.8) is 0 Å². The Labute approximate surface area is 106 Å². The minimum Gasteiger partial charge on any atom is -0.391 e. The highest BCUT2D eigenvalue weighted by Crippen LogP contribution is 2.22. The second kappa shape index (κ2) is 6.72. The molecular formula is C14H28N2O. The number of hydrogen-bond donors (Lipinski definition) is 1. The van der Waals surface area contributed by atoms with Gasteiger partial charge in [-0.3, -0.25) is 4.90 Å². The van der Waals surface area contributed by atoms with Crippen molar-refractivity contribution in [1.82, 2.24) is 9.80 Å². The Balaban J connectivity index is 1.70. The SMILES string of the molecule is CN(CCN1CCCCC1)C1CCCCC1O. The Morgan fingerprint density at radius 2 is 1.76 bits per heavy atom. The largest absolute Gasteiger partial charge is 0.391 e. The van der Waals surface area contributed by atoms with Crippen molar-refractivity contribution in [3.05, 3.63) is 0 Å². The second-order valence-electron chi connectivity index (χ2n) is 5.80. The third-order valence-electron chi connectivity index (χ3n) is 4.48. The monoisotopic (exact) mass is 240 g/mol. The maximum atomic E-state index is 10.0. The lowest BCUT2D eigenvalue weighted by Gasteiger charge is -2.36. The van der Waals surface area contributed by atoms with E-state index in [1.54, 1.807) is 0 Å². The van der Waals surface area contributed by atoms with Crippen LogP contribution in [0.1, 0.15) is 44.9 Å². The fourth-order valence-electron chi connectivity index (χ4n) is 3.25. The average molecular weight is 240 g/mol. The lowest BCUT2D eigenvalue weighted by atomic mass is 9.91. The zero-order valence-electron chi connectivity index (χ0n) is 11.3. The highest BCUT2D eigenvalue weighted by Gasteiger charge is 2.26. The van der Waals surface area contributed by atoms with Gasteiger partial charge in [0.1, 0.15) is 0 Å². The van der Waals surface area contributed by atoms with Gasteiger partial charge in [-0.2, -0.15) is 0 Å². The van der Waals surface area contributed by atoms with Crippen LogP contribution in [0.25, 0.3) is 0 Å². The molecule has 3 heteroatoms. The molecule has 100 valence electrons. The minimum absolute atomic E-state index is 0.0879. The molecule has 0 aromatic rings. The molecule has 17 heavy (non-hydrogen) atoms. The van der Waals surface area contributed by atoms with Crippen LogP contribution in [0, 0.1) is 0 Å². The third kappa shape index (κ3) is 3.94. The maximum absolute atomic E-state index is 10.0. The summed E-state index contributed by atoms with van der Waals surface area (Å²) in [4.78, 5) is 4.97. The molecule has 0 spiro atoms. The van der Waals surface area contributed by atoms with Gasteiger partial charge >= 0.3 is 0 Å². The standard InChI is InChI=1S/C14H28N2O/c1-15(13-7-3-4-8-14(13)17)11-12-16-9-5-2-6-10-16/h13-14,17H,2-12H2,1H3. The van der Waals surface area contributed by atoms with E-state index < -0.39 is 0 Å². The smallest absolute Gasteiger partial charge is 0.0695 e. The molecule has 2 fully saturated rings. The summed E-state index contributed by atoms with van der Waals surface area (Å²) in [6.07, 6.45) is 8.73. The topological polar surface area (TPSA) is 26.7 Å². The lowest BCUT2D eigenvalue weighted by Crippen LogP contribution is -2.46. The van der Waals surface area contributed by atoms with Crippen molar-refractivity contribution in [2.75, 3.05) is 33.2 Å². The first-order valence-corrected chi connectivity index (χ1v) is 7.38. The van der Waals surface area contributed by atoms with Crippen molar-refractivity contribution in [3.8, 4) is 0 Å². The number of aliphatic hydroxyl groups excluding tert-OH is 1. The van der Waals surface area contributed by atoms with Gasteiger partial charge in [0.05, 0.1) is 6.10 Å². The molecule has 2 aliphatic rings. The highest BCUT2D eigenvalue weighted by molar-refractivity contribution is 4.82. The van der Waals surface area contributed by atoms with Gasteiger partial charge in [-0.15, -0.1) is 0 Å². The van der Waals surface area contributed by atoms with Crippen LogP contribution >= 0.6 is 0 Å². The Bertz CT molecular complexity index is 216. The van der Waals surface area contributed by atoms with Crippen LogP contribution in [-0.4, -0.2) is 60.3 Å². The second-order valence-corrected chi connectivity index (χ2v) is 5.80. The molecule has 2 rings (SSSR count). The van der Waals surface area contributed by atoms with E-state index in [1.165, 1.54) is 58.2 Å². The normalized spacial score (nSPS) is 31.9. The Morgan fingerprint density at radius 3 is 2.47 bits per heavy atom. The summed E-state index contributed by atoms with van der Waals surface area (Å²) in [5, 5.41) is 10.0. The fourth-order valence-corrected chi connectivity index (χ4v) is 3.25. The van der Waals surface area contributed by atoms with Gasteiger partial charge in [0, 0.05) is 19.1 Å². The van der Waals surface area contributed by atoms with E-state index in [9.17, 15) is 5.11 Å². The summed E-state index contributed by atoms with van der Waals surface area (Å²) < 4.78 is 0. The molecule has 0 aromatic carbocycles. The van der Waals surface area contributed by atoms with E-state index in [0.29, 0.717) is 6.04 Å². The van der Waals surface area contributed by atoms with Gasteiger partial charge in [0.15, 0.2) is 0 Å². The maximum Gasteiger partial charge on any atom is 0.0695 e. The zero-order valence-corrected chi connectivity index (χ0v) is 11.3. The van der Waals surface area contributed by atoms with Crippen molar-refractivity contribution in [1.29, 1.82) is 0 Å². The fraction of sp³-hybridized carbons (Fsp3) is 1.00. The number of nitrogens with zero attached hydrogens (tertiary/aromatic N) is 2. The van der Waals surface area contributed by atoms with Crippen molar-refractivity contribution >= 4 is 0 Å². The molecule has 1 saturated carbocycles. The van der Waals surface area contributed by atoms with E-state index in [1.807, 2.05) is 0 Å². The van der Waals surface area contributed by atoms with Crippen molar-refractivity contribution < 1.29 is 5.11 Å². The Hall–Kier alpha value is -0.120. The summed E-state index contributed by atoms with van der Waals surface area (Å²) in [6, 6.07) is 0.411. The molecule has 1 N–H and O–H groups in total. The Morgan fingerprint density at radius 1 is 1.06 bits per heavy atom. The first kappa shape index (κ1) is 13.3. The molecule has 2 atom stereocenters. The number of likely N-dealkylation sites (N-methyl/N-ethyl adjacent to an activating group) is 1. The van der Waals surface area contributed by atoms with Crippen LogP contribution in [0.5, 0.6) is 0 Å². The highest BCUT2D eigenvalue weighted by atomic mass is 16.3. The first-order valence-electron chi connectivity index (χ1n) is 7.38. The van der Waals surface area contributed by atoms with Crippen LogP contribution in [0.15, 0.2) is 0 Å². The lowest BCUT2D eigenvalue weighted by molar-refractivity contribution is 0.0274. The number of hydrogen-bond acceptors (Lipinski definition) is 3. The summed E-state index contributed by atoms with van der Waals surface area (Å²) in [7, 11) is 2.18. The van der Waals surface area contributed by atoms with Crippen molar-refractivity contribution in [2.45, 2.75) is 57.1 Å². The third-order valence-corrected chi connectivity index (χ3v) is 4.48. The van der Waals surface area contributed by atoms with Gasteiger partial charge in [-0.05, 0) is 45.8 Å². The molecule has 1 aliphatic heterocycles. The van der Waals surface area contributed by atoms with Crippen LogP contribution in [0.2, 0.25) is 0 Å². The van der Waals surface area contributed by atoms with E-state index in [4.69, 9.17) is 0 Å². The Kier molecular flexibility index (Phi) is 5.26. The number of rotatable bonds is 4. The van der Waals surface area contributed by atoms with Crippen molar-refractivity contribution in [2.24, 2.45) is 0 Å². The molecule has 1 aliphatic carbocycles. The molecule has 1 saturated heterocycles. The van der Waals surface area contributed by atoms with E-state index in [-0.39, 0.29) is 6.10 Å². The first-order chi connectivity index (χ1) is 8.27. The molecule has 0 bridgehead atoms. The molecule has 0 radical (unpaired) electrons. The predicted molar refractivity (Wildman–Crippen MR) is 71.2 cm³/mol. The molecule has 2 unspecified atom stereocenters. The van der Waals surface area contributed by atoms with Gasteiger partial charge < -0.3 is 10.0 Å². The van der Waals surface area contributed by atoms with Crippen LogP contribution in [0.4, 0.5) is 0 Å². The summed E-state index contributed by atoms with van der Waals surface area (Å²) >= 11 is 0. The average Bonchev–Trinajstić information content (AvgIpc) is 2.38. The molecule has 3 nitrogen and oxygen atoms in total. The number of aliphatic hydroxyl groups is 1. The zero-order chi connectivity index (χ0) is 12.1. The van der Waals surface area contributed by atoms with Crippen LogP contribution in [0.3, 0.4) is 0 Å². The number of likely N-dealkylation sites (tertiary alicyclic amines) is 1. The molecule has 0 amide bonds. The van der Waals surface area contributed by atoms with E-state index >= 15 is 0 Å². The van der Waals surface area contributed by atoms with E-state index in [0.717, 1.165) is 13.0 Å². The van der Waals surface area contributed by atoms with E-state index in [2.05, 4.69) is 16.8 Å². The predicted octanol–water partition coefficient (Wildman–Crippen LogP) is 1.71. The summed E-state index contributed by atoms with van der Waals surface area (Å²) in [5.74, 6) is 0. The van der Waals surface area contributed by atoms with Gasteiger partial charge in [-0.25, -0.2) is 0 Å². The van der Waals surface area contributed by atoms with Gasteiger partial charge in [0.25, 0.3) is 0 Å². The molecular weight excluding hydrogens is 212 g/mol. The quantitative estimate of drug-likeness (QED) is 0.810.